The molecule has 1 aromatic heterocycles. The van der Waals surface area contributed by atoms with Crippen LogP contribution in [0.1, 0.15) is 45.2 Å². The minimum absolute atomic E-state index is 0.408. The summed E-state index contributed by atoms with van der Waals surface area (Å²) in [6.45, 7) is 6.08. The fraction of sp³-hybridized carbons (Fsp3) is 0.714. The second-order valence-corrected chi connectivity index (χ2v) is 6.19. The predicted molar refractivity (Wildman–Crippen MR) is 69.7 cm³/mol. The topological polar surface area (TPSA) is 48.0 Å². The maximum Gasteiger partial charge on any atom is 0.0772 e. The molecule has 1 aliphatic rings. The van der Waals surface area contributed by atoms with Crippen LogP contribution in [0, 0.1) is 5.41 Å². The summed E-state index contributed by atoms with van der Waals surface area (Å²) in [6, 6.07) is 4.05. The van der Waals surface area contributed by atoms with Crippen LogP contribution in [0.5, 0.6) is 0 Å². The van der Waals surface area contributed by atoms with Gasteiger partial charge in [-0.3, -0.25) is 0 Å². The molecule has 17 heavy (non-hydrogen) atoms. The summed E-state index contributed by atoms with van der Waals surface area (Å²) < 4.78 is 0. The first-order valence-electron chi connectivity index (χ1n) is 6.55. The Balaban J connectivity index is 1.75. The normalized spacial score (nSPS) is 22.5. The van der Waals surface area contributed by atoms with Gasteiger partial charge in [0, 0.05) is 25.0 Å². The van der Waals surface area contributed by atoms with Crippen molar-refractivity contribution in [2.24, 2.45) is 5.41 Å². The second kappa shape index (κ2) is 4.83. The maximum atomic E-state index is 10.5. The predicted octanol–water partition coefficient (Wildman–Crippen LogP) is 2.44. The molecule has 1 aliphatic carbocycles. The fourth-order valence-electron chi connectivity index (χ4n) is 2.48. The van der Waals surface area contributed by atoms with E-state index < -0.39 is 5.60 Å². The van der Waals surface area contributed by atoms with E-state index in [2.05, 4.69) is 30.2 Å². The van der Waals surface area contributed by atoms with Gasteiger partial charge in [0.15, 0.2) is 0 Å². The Hall–Kier alpha value is -0.800. The van der Waals surface area contributed by atoms with Gasteiger partial charge in [-0.1, -0.05) is 13.8 Å². The van der Waals surface area contributed by atoms with Crippen molar-refractivity contribution in [2.75, 3.05) is 6.54 Å². The number of hydrogen-bond acceptors (Lipinski definition) is 2. The summed E-state index contributed by atoms with van der Waals surface area (Å²) in [5.74, 6) is 0. The van der Waals surface area contributed by atoms with Gasteiger partial charge >= 0.3 is 0 Å². The van der Waals surface area contributed by atoms with Gasteiger partial charge < -0.3 is 15.4 Å². The monoisotopic (exact) mass is 236 g/mol. The highest BCUT2D eigenvalue weighted by Crippen LogP contribution is 2.39. The zero-order chi connectivity index (χ0) is 12.4. The molecule has 1 saturated carbocycles. The number of aliphatic hydroxyl groups is 1. The molecule has 2 rings (SSSR count). The van der Waals surface area contributed by atoms with Crippen molar-refractivity contribution >= 4 is 0 Å². The average Bonchev–Trinajstić information content (AvgIpc) is 2.77. The molecule has 0 unspecified atom stereocenters. The van der Waals surface area contributed by atoms with E-state index in [1.54, 1.807) is 0 Å². The minimum atomic E-state index is -0.498. The molecule has 0 atom stereocenters. The standard InChI is InChI=1S/C14H24N2O/c1-13(2)5-7-14(17,8-6-13)11-15-10-12-4-3-9-16-12/h3-4,9,15-17H,5-8,10-11H2,1-2H3. The zero-order valence-electron chi connectivity index (χ0n) is 10.9. The van der Waals surface area contributed by atoms with E-state index in [4.69, 9.17) is 0 Å². The van der Waals surface area contributed by atoms with Gasteiger partial charge in [-0.15, -0.1) is 0 Å². The van der Waals surface area contributed by atoms with Crippen LogP contribution in [0.15, 0.2) is 18.3 Å². The van der Waals surface area contributed by atoms with Gasteiger partial charge in [0.2, 0.25) is 0 Å². The highest BCUT2D eigenvalue weighted by Gasteiger charge is 2.36. The molecule has 96 valence electrons. The summed E-state index contributed by atoms with van der Waals surface area (Å²) in [5.41, 5.74) is 1.08. The lowest BCUT2D eigenvalue weighted by Crippen LogP contribution is -2.44. The van der Waals surface area contributed by atoms with E-state index in [0.717, 1.165) is 32.2 Å². The van der Waals surface area contributed by atoms with Gasteiger partial charge in [0.25, 0.3) is 0 Å². The third-order valence-electron chi connectivity index (χ3n) is 3.97. The van der Waals surface area contributed by atoms with Crippen molar-refractivity contribution in [2.45, 2.75) is 51.7 Å². The largest absolute Gasteiger partial charge is 0.389 e. The van der Waals surface area contributed by atoms with Gasteiger partial charge in [-0.2, -0.15) is 0 Å². The number of aromatic amines is 1. The Morgan fingerprint density at radius 3 is 2.59 bits per heavy atom. The van der Waals surface area contributed by atoms with Crippen LogP contribution in [-0.4, -0.2) is 22.2 Å². The molecule has 0 saturated heterocycles. The van der Waals surface area contributed by atoms with Crippen molar-refractivity contribution in [3.05, 3.63) is 24.0 Å². The van der Waals surface area contributed by atoms with Crippen molar-refractivity contribution in [3.63, 3.8) is 0 Å². The summed E-state index contributed by atoms with van der Waals surface area (Å²) in [5, 5.41) is 13.8. The van der Waals surface area contributed by atoms with Crippen molar-refractivity contribution in [1.29, 1.82) is 0 Å². The third-order valence-corrected chi connectivity index (χ3v) is 3.97. The quantitative estimate of drug-likeness (QED) is 0.752. The smallest absolute Gasteiger partial charge is 0.0772 e. The molecular weight excluding hydrogens is 212 g/mol. The van der Waals surface area contributed by atoms with Crippen LogP contribution >= 0.6 is 0 Å². The molecule has 0 aromatic carbocycles. The van der Waals surface area contributed by atoms with Crippen molar-refractivity contribution in [1.82, 2.24) is 10.3 Å². The maximum absolute atomic E-state index is 10.5. The SMILES string of the molecule is CC1(C)CCC(O)(CNCc2ccc[nH]2)CC1. The van der Waals surface area contributed by atoms with E-state index in [9.17, 15) is 5.11 Å². The molecular formula is C14H24N2O. The first-order chi connectivity index (χ1) is 7.99. The van der Waals surface area contributed by atoms with E-state index >= 15 is 0 Å². The van der Waals surface area contributed by atoms with Gasteiger partial charge in [0.1, 0.15) is 0 Å². The Morgan fingerprint density at radius 2 is 2.00 bits per heavy atom. The first kappa shape index (κ1) is 12.7. The van der Waals surface area contributed by atoms with Gasteiger partial charge in [0.05, 0.1) is 5.60 Å². The highest BCUT2D eigenvalue weighted by atomic mass is 16.3. The third kappa shape index (κ3) is 3.58. The van der Waals surface area contributed by atoms with Crippen LogP contribution in [0.25, 0.3) is 0 Å². The summed E-state index contributed by atoms with van der Waals surface area (Å²) in [7, 11) is 0. The summed E-state index contributed by atoms with van der Waals surface area (Å²) >= 11 is 0. The lowest BCUT2D eigenvalue weighted by atomic mass is 9.71. The molecule has 3 heteroatoms. The lowest BCUT2D eigenvalue weighted by Gasteiger charge is -2.40. The van der Waals surface area contributed by atoms with Gasteiger partial charge in [-0.25, -0.2) is 0 Å². The zero-order valence-corrected chi connectivity index (χ0v) is 10.9. The molecule has 3 nitrogen and oxygen atoms in total. The number of nitrogens with one attached hydrogen (secondary N) is 2. The van der Waals surface area contributed by atoms with Crippen LogP contribution in [0.4, 0.5) is 0 Å². The molecule has 0 spiro atoms. The minimum Gasteiger partial charge on any atom is -0.389 e. The van der Waals surface area contributed by atoms with E-state index in [0.29, 0.717) is 12.0 Å². The molecule has 1 fully saturated rings. The first-order valence-corrected chi connectivity index (χ1v) is 6.55. The fourth-order valence-corrected chi connectivity index (χ4v) is 2.48. The number of hydrogen-bond donors (Lipinski definition) is 3. The van der Waals surface area contributed by atoms with Crippen LogP contribution in [0.2, 0.25) is 0 Å². The van der Waals surface area contributed by atoms with E-state index in [1.807, 2.05) is 12.3 Å². The molecule has 3 N–H and O–H groups in total. The number of aromatic nitrogens is 1. The molecule has 1 heterocycles. The van der Waals surface area contributed by atoms with E-state index in [1.165, 1.54) is 5.69 Å². The highest BCUT2D eigenvalue weighted by molar-refractivity contribution is 5.03. The second-order valence-electron chi connectivity index (χ2n) is 6.19. The molecule has 0 aliphatic heterocycles. The van der Waals surface area contributed by atoms with Crippen molar-refractivity contribution in [3.8, 4) is 0 Å². The molecule has 0 bridgehead atoms. The Bertz CT molecular complexity index is 333. The van der Waals surface area contributed by atoms with Crippen LogP contribution in [-0.2, 0) is 6.54 Å². The van der Waals surface area contributed by atoms with Crippen LogP contribution in [0.3, 0.4) is 0 Å². The Kier molecular flexibility index (Phi) is 3.59. The average molecular weight is 236 g/mol. The Morgan fingerprint density at radius 1 is 1.29 bits per heavy atom. The summed E-state index contributed by atoms with van der Waals surface area (Å²) in [4.78, 5) is 3.16. The molecule has 1 aromatic rings. The Labute approximate surface area is 104 Å². The molecule has 0 amide bonds. The lowest BCUT2D eigenvalue weighted by molar-refractivity contribution is -0.0245. The van der Waals surface area contributed by atoms with Crippen molar-refractivity contribution < 1.29 is 5.11 Å². The summed E-state index contributed by atoms with van der Waals surface area (Å²) in [6.07, 6.45) is 5.99. The number of H-pyrrole nitrogens is 1. The van der Waals surface area contributed by atoms with Crippen LogP contribution < -0.4 is 5.32 Å². The van der Waals surface area contributed by atoms with Gasteiger partial charge in [-0.05, 0) is 43.2 Å². The number of rotatable bonds is 4. The molecule has 0 radical (unpaired) electrons. The van der Waals surface area contributed by atoms with E-state index in [-0.39, 0.29) is 0 Å².